The molecule has 0 saturated carbocycles. The molecule has 0 amide bonds. The summed E-state index contributed by atoms with van der Waals surface area (Å²) in [7, 11) is 0. The van der Waals surface area contributed by atoms with Crippen LogP contribution in [0, 0.1) is 0 Å². The van der Waals surface area contributed by atoms with Gasteiger partial charge in [-0.25, -0.2) is 0 Å². The minimum Gasteiger partial charge on any atom is -0.309 e. The zero-order chi connectivity index (χ0) is 35.3. The van der Waals surface area contributed by atoms with E-state index in [-0.39, 0.29) is 5.41 Å². The van der Waals surface area contributed by atoms with Crippen molar-refractivity contribution in [3.63, 3.8) is 0 Å². The first-order valence-corrected chi connectivity index (χ1v) is 18.5. The number of hydrogen-bond acceptors (Lipinski definition) is 0. The summed E-state index contributed by atoms with van der Waals surface area (Å²) in [5.74, 6) is 0. The number of para-hydroxylation sites is 2. The summed E-state index contributed by atoms with van der Waals surface area (Å²) >= 11 is 0. The molecule has 0 fully saturated rings. The smallest absolute Gasteiger partial charge is 0.0622 e. The molecule has 1 aliphatic rings. The van der Waals surface area contributed by atoms with Gasteiger partial charge in [-0.1, -0.05) is 141 Å². The van der Waals surface area contributed by atoms with Gasteiger partial charge < -0.3 is 9.13 Å². The van der Waals surface area contributed by atoms with Crippen LogP contribution in [0.3, 0.4) is 0 Å². The van der Waals surface area contributed by atoms with Crippen LogP contribution >= 0.6 is 0 Å². The summed E-state index contributed by atoms with van der Waals surface area (Å²) < 4.78 is 4.89. The Labute approximate surface area is 308 Å². The number of rotatable bonds is 4. The first-order valence-electron chi connectivity index (χ1n) is 18.5. The maximum absolute atomic E-state index is 2.49. The normalized spacial score (nSPS) is 13.2. The van der Waals surface area contributed by atoms with Gasteiger partial charge in [0.25, 0.3) is 0 Å². The van der Waals surface area contributed by atoms with Crippen molar-refractivity contribution in [1.29, 1.82) is 0 Å². The third-order valence-electron chi connectivity index (χ3n) is 11.7. The fraction of sp³-hybridized carbons (Fsp3) is 0.0588. The Kier molecular flexibility index (Phi) is 6.33. The fourth-order valence-electron chi connectivity index (χ4n) is 9.18. The van der Waals surface area contributed by atoms with Crippen molar-refractivity contribution < 1.29 is 0 Å². The first kappa shape index (κ1) is 30.0. The van der Waals surface area contributed by atoms with Gasteiger partial charge in [0.05, 0.1) is 22.1 Å². The largest absolute Gasteiger partial charge is 0.309 e. The Balaban J connectivity index is 1.11. The predicted molar refractivity (Wildman–Crippen MR) is 224 cm³/mol. The Hall–Kier alpha value is -6.64. The van der Waals surface area contributed by atoms with Gasteiger partial charge in [0.1, 0.15) is 0 Å². The summed E-state index contributed by atoms with van der Waals surface area (Å²) in [4.78, 5) is 0. The molecule has 8 aromatic carbocycles. The summed E-state index contributed by atoms with van der Waals surface area (Å²) in [6.45, 7) is 4.73. The van der Waals surface area contributed by atoms with Crippen LogP contribution in [-0.2, 0) is 5.41 Å². The van der Waals surface area contributed by atoms with Crippen LogP contribution in [-0.4, -0.2) is 9.13 Å². The highest BCUT2D eigenvalue weighted by Crippen LogP contribution is 2.53. The highest BCUT2D eigenvalue weighted by Gasteiger charge is 2.37. The third kappa shape index (κ3) is 4.33. The molecule has 2 nitrogen and oxygen atoms in total. The number of nitrogens with zero attached hydrogens (tertiary/aromatic N) is 2. The van der Waals surface area contributed by atoms with Gasteiger partial charge in [-0.15, -0.1) is 0 Å². The summed E-state index contributed by atoms with van der Waals surface area (Å²) in [6, 6.07) is 67.0. The molecule has 0 radical (unpaired) electrons. The van der Waals surface area contributed by atoms with Gasteiger partial charge in [0, 0.05) is 43.9 Å². The minimum atomic E-state index is -0.0677. The lowest BCUT2D eigenvalue weighted by Gasteiger charge is -2.21. The minimum absolute atomic E-state index is 0.0677. The van der Waals surface area contributed by atoms with Crippen LogP contribution in [0.5, 0.6) is 0 Å². The molecule has 0 spiro atoms. The number of aromatic nitrogens is 2. The van der Waals surface area contributed by atoms with E-state index in [2.05, 4.69) is 205 Å². The molecule has 11 rings (SSSR count). The average Bonchev–Trinajstić information content (AvgIpc) is 3.81. The van der Waals surface area contributed by atoms with E-state index < -0.39 is 0 Å². The molecule has 0 bridgehead atoms. The second kappa shape index (κ2) is 11.2. The molecule has 10 aromatic rings. The van der Waals surface area contributed by atoms with Crippen molar-refractivity contribution in [2.45, 2.75) is 19.3 Å². The van der Waals surface area contributed by atoms with E-state index in [0.29, 0.717) is 0 Å². The first-order chi connectivity index (χ1) is 26.1. The van der Waals surface area contributed by atoms with E-state index in [1.807, 2.05) is 0 Å². The molecule has 0 aliphatic heterocycles. The summed E-state index contributed by atoms with van der Waals surface area (Å²) in [6.07, 6.45) is 0. The molecule has 0 saturated heterocycles. The number of fused-ring (bicyclic) bond motifs is 10. The van der Waals surface area contributed by atoms with E-state index in [1.165, 1.54) is 93.8 Å². The Morgan fingerprint density at radius 1 is 0.358 bits per heavy atom. The maximum Gasteiger partial charge on any atom is 0.0622 e. The van der Waals surface area contributed by atoms with Crippen LogP contribution < -0.4 is 0 Å². The maximum atomic E-state index is 2.49. The molecule has 0 unspecified atom stereocenters. The van der Waals surface area contributed by atoms with Crippen LogP contribution in [0.2, 0.25) is 0 Å². The van der Waals surface area contributed by atoms with Gasteiger partial charge in [-0.2, -0.15) is 0 Å². The van der Waals surface area contributed by atoms with E-state index in [9.17, 15) is 0 Å². The zero-order valence-electron chi connectivity index (χ0n) is 29.7. The standard InChI is InChI=1S/C51H36N2/c1-51(2)44-19-11-9-18-41(44)49-45(51)28-27-40-43-32-36(24-30-48(43)53(50(40)49)37-15-7-4-8-16-37)35-23-29-47-42(31-35)39-17-10-12-20-46(39)52(47)38-25-21-34(22-26-38)33-13-5-3-6-14-33/h3-32H,1-2H3. The predicted octanol–water partition coefficient (Wildman–Crippen LogP) is 13.5. The molecule has 250 valence electrons. The molecule has 53 heavy (non-hydrogen) atoms. The number of benzene rings is 8. The highest BCUT2D eigenvalue weighted by atomic mass is 15.0. The van der Waals surface area contributed by atoms with Gasteiger partial charge in [0.15, 0.2) is 0 Å². The summed E-state index contributed by atoms with van der Waals surface area (Å²) in [5, 5.41) is 5.07. The Morgan fingerprint density at radius 2 is 0.906 bits per heavy atom. The summed E-state index contributed by atoms with van der Waals surface area (Å²) in [5.41, 5.74) is 17.6. The quantitative estimate of drug-likeness (QED) is 0.176. The van der Waals surface area contributed by atoms with E-state index in [4.69, 9.17) is 0 Å². The van der Waals surface area contributed by atoms with Crippen molar-refractivity contribution in [3.8, 4) is 44.8 Å². The molecule has 2 heterocycles. The monoisotopic (exact) mass is 676 g/mol. The lowest BCUT2D eigenvalue weighted by Crippen LogP contribution is -2.14. The van der Waals surface area contributed by atoms with Crippen molar-refractivity contribution in [2.24, 2.45) is 0 Å². The van der Waals surface area contributed by atoms with Gasteiger partial charge in [0.2, 0.25) is 0 Å². The van der Waals surface area contributed by atoms with E-state index >= 15 is 0 Å². The number of hydrogen-bond donors (Lipinski definition) is 0. The second-order valence-corrected chi connectivity index (χ2v) is 15.0. The topological polar surface area (TPSA) is 9.86 Å². The molecule has 0 atom stereocenters. The molecule has 1 aliphatic carbocycles. The third-order valence-corrected chi connectivity index (χ3v) is 11.7. The van der Waals surface area contributed by atoms with Crippen LogP contribution in [0.4, 0.5) is 0 Å². The van der Waals surface area contributed by atoms with Gasteiger partial charge in [-0.3, -0.25) is 0 Å². The van der Waals surface area contributed by atoms with Crippen LogP contribution in [0.25, 0.3) is 88.4 Å². The van der Waals surface area contributed by atoms with Crippen molar-refractivity contribution in [3.05, 3.63) is 193 Å². The van der Waals surface area contributed by atoms with Crippen LogP contribution in [0.15, 0.2) is 182 Å². The van der Waals surface area contributed by atoms with Crippen molar-refractivity contribution in [2.75, 3.05) is 0 Å². The molecule has 2 aromatic heterocycles. The average molecular weight is 677 g/mol. The SMILES string of the molecule is CC1(C)c2ccccc2-c2c1ccc1c3cc(-c4ccc5c(c4)c4ccccc4n5-c4ccc(-c5ccccc5)cc4)ccc3n(-c3ccccc3)c21. The highest BCUT2D eigenvalue weighted by molar-refractivity contribution is 6.17. The lowest BCUT2D eigenvalue weighted by molar-refractivity contribution is 0.661. The van der Waals surface area contributed by atoms with Gasteiger partial charge >= 0.3 is 0 Å². The fourth-order valence-corrected chi connectivity index (χ4v) is 9.18. The van der Waals surface area contributed by atoms with Crippen molar-refractivity contribution in [1.82, 2.24) is 9.13 Å². The Morgan fingerprint density at radius 3 is 1.66 bits per heavy atom. The van der Waals surface area contributed by atoms with E-state index in [1.54, 1.807) is 0 Å². The molecular weight excluding hydrogens is 641 g/mol. The van der Waals surface area contributed by atoms with Crippen LogP contribution in [0.1, 0.15) is 25.0 Å². The van der Waals surface area contributed by atoms with E-state index in [0.717, 1.165) is 5.69 Å². The Bertz CT molecular complexity index is 3050. The second-order valence-electron chi connectivity index (χ2n) is 15.0. The van der Waals surface area contributed by atoms with Gasteiger partial charge in [-0.05, 0) is 93.5 Å². The van der Waals surface area contributed by atoms with Crippen molar-refractivity contribution >= 4 is 43.6 Å². The molecule has 0 N–H and O–H groups in total. The lowest BCUT2D eigenvalue weighted by atomic mass is 9.82. The molecule has 2 heteroatoms. The zero-order valence-corrected chi connectivity index (χ0v) is 29.7. The molecular formula is C51H36N2.